The summed E-state index contributed by atoms with van der Waals surface area (Å²) < 4.78 is 6.17. The molecule has 100 valence electrons. The highest BCUT2D eigenvalue weighted by Crippen LogP contribution is 2.41. The van der Waals surface area contributed by atoms with Crippen molar-refractivity contribution in [3.8, 4) is 12.0 Å². The summed E-state index contributed by atoms with van der Waals surface area (Å²) in [6, 6.07) is 0. The van der Waals surface area contributed by atoms with Crippen LogP contribution in [0.4, 0.5) is 0 Å². The normalized spacial score (nSPS) is 12.9. The average molecular weight is 254 g/mol. The van der Waals surface area contributed by atoms with Crippen molar-refractivity contribution in [2.45, 2.75) is 78.9 Å². The van der Waals surface area contributed by atoms with Crippen molar-refractivity contribution in [2.75, 3.05) is 0 Å². The zero-order valence-corrected chi connectivity index (χ0v) is 14.1. The van der Waals surface area contributed by atoms with E-state index in [1.165, 1.54) is 0 Å². The first-order valence-corrected chi connectivity index (χ1v) is 8.88. The second-order valence-electron chi connectivity index (χ2n) is 6.90. The first kappa shape index (κ1) is 16.6. The highest BCUT2D eigenvalue weighted by molar-refractivity contribution is 6.77. The van der Waals surface area contributed by atoms with Gasteiger partial charge in [0.05, 0.1) is 6.11 Å². The van der Waals surface area contributed by atoms with E-state index in [0.717, 1.165) is 0 Å². The Kier molecular flexibility index (Phi) is 5.81. The summed E-state index contributed by atoms with van der Waals surface area (Å²) in [4.78, 5) is 0. The molecular formula is C15H30OSi. The lowest BCUT2D eigenvalue weighted by molar-refractivity contribution is 0.441. The van der Waals surface area contributed by atoms with Gasteiger partial charge in [-0.1, -0.05) is 47.5 Å². The molecule has 17 heavy (non-hydrogen) atoms. The van der Waals surface area contributed by atoms with Crippen molar-refractivity contribution in [3.63, 3.8) is 0 Å². The Balaban J connectivity index is 5.13. The molecular weight excluding hydrogens is 224 g/mol. The Morgan fingerprint density at radius 1 is 0.824 bits per heavy atom. The molecule has 0 saturated carbocycles. The third-order valence-electron chi connectivity index (χ3n) is 3.36. The van der Waals surface area contributed by atoms with Crippen LogP contribution in [0.2, 0.25) is 16.6 Å². The van der Waals surface area contributed by atoms with Crippen LogP contribution in [0, 0.1) is 17.4 Å². The number of rotatable bonds is 4. The third-order valence-corrected chi connectivity index (χ3v) is 9.23. The first-order valence-electron chi connectivity index (χ1n) is 6.74. The molecule has 0 fully saturated rings. The maximum absolute atomic E-state index is 6.17. The molecule has 0 aliphatic heterocycles. The van der Waals surface area contributed by atoms with Gasteiger partial charge in [-0.2, -0.15) is 0 Å². The molecule has 0 N–H and O–H groups in total. The quantitative estimate of drug-likeness (QED) is 0.496. The summed E-state index contributed by atoms with van der Waals surface area (Å²) in [5.41, 5.74) is 1.80. The lowest BCUT2D eigenvalue weighted by Gasteiger charge is -2.39. The van der Waals surface area contributed by atoms with Gasteiger partial charge >= 0.3 is 0 Å². The predicted octanol–water partition coefficient (Wildman–Crippen LogP) is 5.19. The maximum Gasteiger partial charge on any atom is 0.272 e. The molecule has 0 aromatic carbocycles. The molecule has 1 nitrogen and oxygen atoms in total. The fourth-order valence-corrected chi connectivity index (χ4v) is 7.56. The van der Waals surface area contributed by atoms with Crippen molar-refractivity contribution in [1.82, 2.24) is 0 Å². The van der Waals surface area contributed by atoms with Crippen molar-refractivity contribution >= 4 is 8.32 Å². The van der Waals surface area contributed by atoms with E-state index in [9.17, 15) is 0 Å². The molecule has 0 aromatic rings. The minimum absolute atomic E-state index is 0.0189. The topological polar surface area (TPSA) is 9.23 Å². The van der Waals surface area contributed by atoms with Gasteiger partial charge < -0.3 is 4.43 Å². The fourth-order valence-electron chi connectivity index (χ4n) is 2.62. The van der Waals surface area contributed by atoms with Crippen LogP contribution in [0.3, 0.4) is 0 Å². The van der Waals surface area contributed by atoms with E-state index in [1.54, 1.807) is 0 Å². The van der Waals surface area contributed by atoms with Crippen molar-refractivity contribution in [1.29, 1.82) is 0 Å². The number of hydrogen-bond acceptors (Lipinski definition) is 1. The Morgan fingerprint density at radius 2 is 1.18 bits per heavy atom. The van der Waals surface area contributed by atoms with Gasteiger partial charge in [-0.15, -0.1) is 0 Å². The van der Waals surface area contributed by atoms with Crippen LogP contribution < -0.4 is 0 Å². The zero-order valence-electron chi connectivity index (χ0n) is 13.1. The molecule has 0 unspecified atom stereocenters. The molecule has 0 bridgehead atoms. The Morgan fingerprint density at radius 3 is 1.41 bits per heavy atom. The van der Waals surface area contributed by atoms with Crippen LogP contribution in [0.1, 0.15) is 62.3 Å². The largest absolute Gasteiger partial charge is 0.500 e. The molecule has 0 aliphatic carbocycles. The summed E-state index contributed by atoms with van der Waals surface area (Å²) in [7, 11) is -1.80. The second-order valence-corrected chi connectivity index (χ2v) is 12.3. The van der Waals surface area contributed by atoms with E-state index in [0.29, 0.717) is 16.6 Å². The molecule has 0 atom stereocenters. The van der Waals surface area contributed by atoms with Crippen molar-refractivity contribution in [3.05, 3.63) is 0 Å². The van der Waals surface area contributed by atoms with Crippen molar-refractivity contribution < 1.29 is 4.43 Å². The van der Waals surface area contributed by atoms with Gasteiger partial charge in [0.25, 0.3) is 8.32 Å². The molecule has 0 saturated heterocycles. The van der Waals surface area contributed by atoms with E-state index < -0.39 is 8.32 Å². The highest BCUT2D eigenvalue weighted by Gasteiger charge is 2.46. The van der Waals surface area contributed by atoms with Gasteiger partial charge in [-0.25, -0.2) is 0 Å². The van der Waals surface area contributed by atoms with Crippen LogP contribution in [0.5, 0.6) is 0 Å². The fraction of sp³-hybridized carbons (Fsp3) is 0.867. The molecule has 0 heterocycles. The Hall–Kier alpha value is -0.423. The highest BCUT2D eigenvalue weighted by atomic mass is 28.4. The van der Waals surface area contributed by atoms with Crippen LogP contribution in [-0.4, -0.2) is 8.32 Å². The van der Waals surface area contributed by atoms with Gasteiger partial charge in [0.15, 0.2) is 0 Å². The van der Waals surface area contributed by atoms with E-state index in [-0.39, 0.29) is 5.41 Å². The molecule has 0 aromatic heterocycles. The van der Waals surface area contributed by atoms with Gasteiger partial charge in [0.1, 0.15) is 0 Å². The van der Waals surface area contributed by atoms with Gasteiger partial charge in [-0.3, -0.25) is 0 Å². The van der Waals surface area contributed by atoms with Crippen LogP contribution in [0.15, 0.2) is 0 Å². The van der Waals surface area contributed by atoms with Crippen LogP contribution in [-0.2, 0) is 4.43 Å². The standard InChI is InChI=1S/C15H30OSi/c1-12(2)17(13(3)4,14(5)6)16-11-10-15(7,8)9/h12-14H,1-9H3. The third kappa shape index (κ3) is 4.39. The summed E-state index contributed by atoms with van der Waals surface area (Å²) in [6.45, 7) is 20.0. The second kappa shape index (κ2) is 5.95. The molecule has 0 aliphatic rings. The summed E-state index contributed by atoms with van der Waals surface area (Å²) in [5, 5.41) is 0. The lowest BCUT2D eigenvalue weighted by atomic mass is 9.99. The predicted molar refractivity (Wildman–Crippen MR) is 79.4 cm³/mol. The summed E-state index contributed by atoms with van der Waals surface area (Å²) >= 11 is 0. The smallest absolute Gasteiger partial charge is 0.272 e. The Labute approximate surface area is 109 Å². The van der Waals surface area contributed by atoms with Crippen LogP contribution >= 0.6 is 0 Å². The SMILES string of the molecule is CC(C)[Si](OC#CC(C)(C)C)(C(C)C)C(C)C. The van der Waals surface area contributed by atoms with E-state index in [4.69, 9.17) is 4.43 Å². The Bertz CT molecular complexity index is 264. The van der Waals surface area contributed by atoms with E-state index in [1.807, 2.05) is 0 Å². The van der Waals surface area contributed by atoms with Gasteiger partial charge in [0, 0.05) is 5.41 Å². The maximum atomic E-state index is 6.17. The van der Waals surface area contributed by atoms with Gasteiger partial charge in [0.2, 0.25) is 0 Å². The summed E-state index contributed by atoms with van der Waals surface area (Å²) in [5.74, 6) is 3.20. The van der Waals surface area contributed by atoms with E-state index >= 15 is 0 Å². The molecule has 0 spiro atoms. The average Bonchev–Trinajstić information content (AvgIpc) is 2.08. The molecule has 0 rings (SSSR count). The van der Waals surface area contributed by atoms with Crippen LogP contribution in [0.25, 0.3) is 0 Å². The van der Waals surface area contributed by atoms with Crippen molar-refractivity contribution in [2.24, 2.45) is 5.41 Å². The zero-order chi connectivity index (χ0) is 13.9. The number of hydrogen-bond donors (Lipinski definition) is 0. The monoisotopic (exact) mass is 254 g/mol. The van der Waals surface area contributed by atoms with E-state index in [2.05, 4.69) is 74.3 Å². The minimum Gasteiger partial charge on any atom is -0.500 e. The van der Waals surface area contributed by atoms with Gasteiger partial charge in [-0.05, 0) is 37.4 Å². The molecule has 2 heteroatoms. The minimum atomic E-state index is -1.80. The summed E-state index contributed by atoms with van der Waals surface area (Å²) in [6.07, 6.45) is 3.02. The lowest BCUT2D eigenvalue weighted by Crippen LogP contribution is -2.46. The molecule has 0 amide bonds. The molecule has 0 radical (unpaired) electrons. The first-order chi connectivity index (χ1) is 7.54.